The summed E-state index contributed by atoms with van der Waals surface area (Å²) in [6.45, 7) is 0.476. The number of sulfone groups is 1. The van der Waals surface area contributed by atoms with Crippen molar-refractivity contribution in [1.29, 1.82) is 0 Å². The Labute approximate surface area is 189 Å². The van der Waals surface area contributed by atoms with Crippen LogP contribution in [0.25, 0.3) is 0 Å². The fraction of sp³-hybridized carbons (Fsp3) is 0.190. The predicted octanol–water partition coefficient (Wildman–Crippen LogP) is 2.86. The molecule has 1 heterocycles. The summed E-state index contributed by atoms with van der Waals surface area (Å²) in [5.41, 5.74) is 1.26. The van der Waals surface area contributed by atoms with Crippen LogP contribution >= 0.6 is 22.9 Å². The lowest BCUT2D eigenvalue weighted by Crippen LogP contribution is -2.30. The molecule has 0 unspecified atom stereocenters. The number of carbonyl (C=O) groups excluding carboxylic acids is 2. The molecule has 0 spiro atoms. The van der Waals surface area contributed by atoms with E-state index < -0.39 is 21.5 Å². The molecule has 0 aliphatic heterocycles. The molecule has 0 aliphatic rings. The monoisotopic (exact) mass is 477 g/mol. The fourth-order valence-electron chi connectivity index (χ4n) is 2.71. The second-order valence-corrected chi connectivity index (χ2v) is 9.98. The van der Waals surface area contributed by atoms with E-state index in [1.807, 2.05) is 18.2 Å². The molecule has 3 aromatic rings. The van der Waals surface area contributed by atoms with Crippen LogP contribution in [-0.2, 0) is 27.6 Å². The van der Waals surface area contributed by atoms with Crippen molar-refractivity contribution in [3.05, 3.63) is 81.3 Å². The summed E-state index contributed by atoms with van der Waals surface area (Å²) in [4.78, 5) is 28.6. The molecule has 0 aliphatic carbocycles. The summed E-state index contributed by atoms with van der Waals surface area (Å²) in [5, 5.41) is 8.07. The van der Waals surface area contributed by atoms with Crippen molar-refractivity contribution in [1.82, 2.24) is 15.6 Å². The maximum absolute atomic E-state index is 12.2. The van der Waals surface area contributed by atoms with Crippen LogP contribution in [0.1, 0.15) is 21.1 Å². The number of nitrogens with one attached hydrogen (secondary N) is 2. The first-order valence-electron chi connectivity index (χ1n) is 9.35. The molecule has 0 saturated carbocycles. The number of amides is 2. The van der Waals surface area contributed by atoms with Gasteiger partial charge in [-0.25, -0.2) is 13.4 Å². The van der Waals surface area contributed by atoms with E-state index in [2.05, 4.69) is 15.6 Å². The third-order valence-corrected chi connectivity index (χ3v) is 6.95. The third-order valence-electron chi connectivity index (χ3n) is 4.23. The molecule has 162 valence electrons. The van der Waals surface area contributed by atoms with Gasteiger partial charge in [-0.3, -0.25) is 9.59 Å². The number of hydrogen-bond acceptors (Lipinski definition) is 6. The molecular weight excluding hydrogens is 458 g/mol. The minimum absolute atomic E-state index is 0.0452. The van der Waals surface area contributed by atoms with Crippen LogP contribution in [0.2, 0.25) is 5.02 Å². The van der Waals surface area contributed by atoms with Gasteiger partial charge >= 0.3 is 0 Å². The molecule has 0 saturated heterocycles. The number of rotatable bonds is 9. The van der Waals surface area contributed by atoms with Gasteiger partial charge in [0.1, 0.15) is 16.5 Å². The highest BCUT2D eigenvalue weighted by molar-refractivity contribution is 7.92. The van der Waals surface area contributed by atoms with E-state index in [4.69, 9.17) is 11.6 Å². The topological polar surface area (TPSA) is 105 Å². The number of hydrogen-bond donors (Lipinski definition) is 2. The Morgan fingerprint density at radius 3 is 2.55 bits per heavy atom. The van der Waals surface area contributed by atoms with E-state index in [9.17, 15) is 18.0 Å². The lowest BCUT2D eigenvalue weighted by Gasteiger charge is -2.05. The smallest absolute Gasteiger partial charge is 0.270 e. The van der Waals surface area contributed by atoms with E-state index in [1.54, 1.807) is 29.6 Å². The van der Waals surface area contributed by atoms with Gasteiger partial charge in [0.15, 0.2) is 9.84 Å². The normalized spacial score (nSPS) is 11.1. The summed E-state index contributed by atoms with van der Waals surface area (Å²) in [6.07, 6.45) is 0.634. The van der Waals surface area contributed by atoms with E-state index >= 15 is 0 Å². The number of aromatic nitrogens is 1. The summed E-state index contributed by atoms with van der Waals surface area (Å²) in [6, 6.07) is 15.2. The zero-order chi connectivity index (χ0) is 22.3. The first kappa shape index (κ1) is 22.9. The van der Waals surface area contributed by atoms with Crippen LogP contribution < -0.4 is 10.6 Å². The van der Waals surface area contributed by atoms with Crippen molar-refractivity contribution in [2.45, 2.75) is 17.9 Å². The van der Waals surface area contributed by atoms with Crippen LogP contribution in [0, 0.1) is 0 Å². The number of halogens is 1. The quantitative estimate of drug-likeness (QED) is 0.493. The molecule has 0 atom stereocenters. The summed E-state index contributed by atoms with van der Waals surface area (Å²) in [5.74, 6) is -1.60. The predicted molar refractivity (Wildman–Crippen MR) is 120 cm³/mol. The number of benzene rings is 2. The van der Waals surface area contributed by atoms with Crippen molar-refractivity contribution in [2.24, 2.45) is 0 Å². The highest BCUT2D eigenvalue weighted by Crippen LogP contribution is 2.13. The Morgan fingerprint density at radius 2 is 1.81 bits per heavy atom. The molecule has 2 amide bonds. The lowest BCUT2D eigenvalue weighted by atomic mass is 10.1. The first-order chi connectivity index (χ1) is 14.8. The molecule has 1 aromatic heterocycles. The number of nitrogens with zero attached hydrogens (tertiary/aromatic N) is 1. The molecule has 2 N–H and O–H groups in total. The van der Waals surface area contributed by atoms with Crippen molar-refractivity contribution in [2.75, 3.05) is 12.3 Å². The zero-order valence-electron chi connectivity index (χ0n) is 16.4. The standard InChI is InChI=1S/C21H20ClN3O4S2/c22-16-6-4-5-15(11-16)9-10-23-21(27)18-13-30-20(25-18)12-24-19(26)14-31(28,29)17-7-2-1-3-8-17/h1-8,11,13H,9-10,12,14H2,(H,23,27)(H,24,26). The van der Waals surface area contributed by atoms with E-state index in [0.717, 1.165) is 5.56 Å². The maximum Gasteiger partial charge on any atom is 0.270 e. The number of thiazole rings is 1. The Bertz CT molecular complexity index is 1160. The van der Waals surface area contributed by atoms with E-state index in [-0.39, 0.29) is 23.0 Å². The van der Waals surface area contributed by atoms with Crippen LogP contribution in [0.4, 0.5) is 0 Å². The molecule has 10 heteroatoms. The minimum Gasteiger partial charge on any atom is -0.350 e. The Balaban J connectivity index is 1.46. The Morgan fingerprint density at radius 1 is 1.03 bits per heavy atom. The fourth-order valence-corrected chi connectivity index (χ4v) is 4.82. The molecule has 0 bridgehead atoms. The average molecular weight is 478 g/mol. The molecular formula is C21H20ClN3O4S2. The van der Waals surface area contributed by atoms with Gasteiger partial charge in [-0.2, -0.15) is 0 Å². The average Bonchev–Trinajstić information content (AvgIpc) is 3.22. The molecule has 2 aromatic carbocycles. The Kier molecular flexibility index (Phi) is 7.78. The van der Waals surface area contributed by atoms with Crippen LogP contribution in [-0.4, -0.2) is 37.5 Å². The van der Waals surface area contributed by atoms with Gasteiger partial charge in [-0.05, 0) is 36.2 Å². The molecule has 31 heavy (non-hydrogen) atoms. The van der Waals surface area contributed by atoms with Crippen LogP contribution in [0.5, 0.6) is 0 Å². The van der Waals surface area contributed by atoms with Gasteiger partial charge in [-0.1, -0.05) is 41.9 Å². The van der Waals surface area contributed by atoms with Gasteiger partial charge in [0.2, 0.25) is 5.91 Å². The molecule has 3 rings (SSSR count). The largest absolute Gasteiger partial charge is 0.350 e. The van der Waals surface area contributed by atoms with Gasteiger partial charge < -0.3 is 10.6 Å². The van der Waals surface area contributed by atoms with Crippen molar-refractivity contribution in [3.8, 4) is 0 Å². The minimum atomic E-state index is -3.71. The van der Waals surface area contributed by atoms with Crippen molar-refractivity contribution in [3.63, 3.8) is 0 Å². The Hall–Kier alpha value is -2.75. The summed E-state index contributed by atoms with van der Waals surface area (Å²) in [7, 11) is -3.71. The first-order valence-corrected chi connectivity index (χ1v) is 12.3. The van der Waals surface area contributed by atoms with Crippen molar-refractivity contribution >= 4 is 44.6 Å². The van der Waals surface area contributed by atoms with Gasteiger partial charge in [0.25, 0.3) is 5.91 Å². The van der Waals surface area contributed by atoms with Gasteiger partial charge in [0.05, 0.1) is 11.4 Å². The summed E-state index contributed by atoms with van der Waals surface area (Å²) >= 11 is 7.16. The van der Waals surface area contributed by atoms with Crippen molar-refractivity contribution < 1.29 is 18.0 Å². The third kappa shape index (κ3) is 6.88. The zero-order valence-corrected chi connectivity index (χ0v) is 18.8. The molecule has 0 fully saturated rings. The van der Waals surface area contributed by atoms with Gasteiger partial charge in [0, 0.05) is 16.9 Å². The SMILES string of the molecule is O=C(CS(=O)(=O)c1ccccc1)NCc1nc(C(=O)NCCc2cccc(Cl)c2)cs1. The van der Waals surface area contributed by atoms with Gasteiger partial charge in [-0.15, -0.1) is 11.3 Å². The second kappa shape index (κ2) is 10.5. The maximum atomic E-state index is 12.2. The van der Waals surface area contributed by atoms with Crippen LogP contribution in [0.15, 0.2) is 64.9 Å². The second-order valence-electron chi connectivity index (χ2n) is 6.61. The molecule has 7 nitrogen and oxygen atoms in total. The van der Waals surface area contributed by atoms with E-state index in [1.165, 1.54) is 23.5 Å². The summed E-state index contributed by atoms with van der Waals surface area (Å²) < 4.78 is 24.5. The number of carbonyl (C=O) groups is 2. The molecule has 0 radical (unpaired) electrons. The lowest BCUT2D eigenvalue weighted by molar-refractivity contribution is -0.118. The van der Waals surface area contributed by atoms with E-state index in [0.29, 0.717) is 23.0 Å². The van der Waals surface area contributed by atoms with Crippen LogP contribution in [0.3, 0.4) is 0 Å². The highest BCUT2D eigenvalue weighted by Gasteiger charge is 2.19. The highest BCUT2D eigenvalue weighted by atomic mass is 35.5.